The molecule has 0 saturated heterocycles. The van der Waals surface area contributed by atoms with E-state index in [1.54, 1.807) is 0 Å². The van der Waals surface area contributed by atoms with Gasteiger partial charge >= 0.3 is 0 Å². The molecule has 0 amide bonds. The second-order valence-electron chi connectivity index (χ2n) is 3.60. The van der Waals surface area contributed by atoms with Gasteiger partial charge in [-0.3, -0.25) is 4.79 Å². The SMILES string of the molecule is CC/C=C(\C)C(=O)C1=CCCCC1. The summed E-state index contributed by atoms with van der Waals surface area (Å²) >= 11 is 0. The molecule has 1 rings (SSSR count). The van der Waals surface area contributed by atoms with Gasteiger partial charge in [-0.15, -0.1) is 0 Å². The van der Waals surface area contributed by atoms with Crippen LogP contribution in [0, 0.1) is 0 Å². The lowest BCUT2D eigenvalue weighted by atomic mass is 9.93. The number of ketones is 1. The molecule has 1 aliphatic carbocycles. The molecule has 0 bridgehead atoms. The van der Waals surface area contributed by atoms with Crippen LogP contribution >= 0.6 is 0 Å². The van der Waals surface area contributed by atoms with Crippen LogP contribution in [0.25, 0.3) is 0 Å². The van der Waals surface area contributed by atoms with Crippen LogP contribution in [-0.2, 0) is 4.79 Å². The Hall–Kier alpha value is -0.850. The summed E-state index contributed by atoms with van der Waals surface area (Å²) < 4.78 is 0. The fraction of sp³-hybridized carbons (Fsp3) is 0.583. The smallest absolute Gasteiger partial charge is 0.184 e. The van der Waals surface area contributed by atoms with Gasteiger partial charge in [0.1, 0.15) is 0 Å². The number of hydrogen-bond acceptors (Lipinski definition) is 1. The van der Waals surface area contributed by atoms with E-state index in [0.29, 0.717) is 0 Å². The first-order valence-corrected chi connectivity index (χ1v) is 5.16. The molecule has 0 unspecified atom stereocenters. The lowest BCUT2D eigenvalue weighted by Gasteiger charge is -2.11. The van der Waals surface area contributed by atoms with Gasteiger partial charge in [-0.1, -0.05) is 19.1 Å². The predicted octanol–water partition coefficient (Wildman–Crippen LogP) is 3.41. The highest BCUT2D eigenvalue weighted by Gasteiger charge is 2.12. The number of Topliss-reactive ketones (excluding diaryl/α,β-unsaturated/α-hetero) is 1. The summed E-state index contributed by atoms with van der Waals surface area (Å²) in [5.74, 6) is 0.265. The second-order valence-corrected chi connectivity index (χ2v) is 3.60. The van der Waals surface area contributed by atoms with Crippen molar-refractivity contribution in [3.63, 3.8) is 0 Å². The Labute approximate surface area is 80.5 Å². The van der Waals surface area contributed by atoms with Gasteiger partial charge in [-0.25, -0.2) is 0 Å². The van der Waals surface area contributed by atoms with Crippen LogP contribution in [0.2, 0.25) is 0 Å². The van der Waals surface area contributed by atoms with Gasteiger partial charge in [0, 0.05) is 0 Å². The average molecular weight is 178 g/mol. The van der Waals surface area contributed by atoms with E-state index < -0.39 is 0 Å². The molecule has 0 spiro atoms. The van der Waals surface area contributed by atoms with Gasteiger partial charge in [0.25, 0.3) is 0 Å². The van der Waals surface area contributed by atoms with Crippen molar-refractivity contribution in [1.29, 1.82) is 0 Å². The van der Waals surface area contributed by atoms with E-state index >= 15 is 0 Å². The van der Waals surface area contributed by atoms with E-state index in [2.05, 4.69) is 13.0 Å². The molecule has 0 atom stereocenters. The number of allylic oxidation sites excluding steroid dienone is 4. The Balaban J connectivity index is 2.66. The molecule has 1 heteroatoms. The van der Waals surface area contributed by atoms with Crippen LogP contribution in [0.4, 0.5) is 0 Å². The normalized spacial score (nSPS) is 18.3. The summed E-state index contributed by atoms with van der Waals surface area (Å²) in [6.45, 7) is 3.98. The van der Waals surface area contributed by atoms with E-state index in [1.807, 2.05) is 13.0 Å². The van der Waals surface area contributed by atoms with Crippen molar-refractivity contribution in [3.8, 4) is 0 Å². The molecule has 72 valence electrons. The maximum atomic E-state index is 11.8. The van der Waals surface area contributed by atoms with Crippen LogP contribution < -0.4 is 0 Å². The molecule has 0 aromatic carbocycles. The highest BCUT2D eigenvalue weighted by Crippen LogP contribution is 2.20. The molecule has 1 aliphatic rings. The van der Waals surface area contributed by atoms with Gasteiger partial charge in [-0.05, 0) is 50.2 Å². The van der Waals surface area contributed by atoms with Gasteiger partial charge in [0.2, 0.25) is 0 Å². The average Bonchev–Trinajstić information content (AvgIpc) is 2.18. The summed E-state index contributed by atoms with van der Waals surface area (Å²) in [6, 6.07) is 0. The Bertz CT molecular complexity index is 246. The van der Waals surface area contributed by atoms with Crippen LogP contribution in [0.1, 0.15) is 46.0 Å². The Morgan fingerprint density at radius 2 is 2.31 bits per heavy atom. The second kappa shape index (κ2) is 5.00. The topological polar surface area (TPSA) is 17.1 Å². The zero-order chi connectivity index (χ0) is 9.68. The van der Waals surface area contributed by atoms with Crippen molar-refractivity contribution in [1.82, 2.24) is 0 Å². The summed E-state index contributed by atoms with van der Waals surface area (Å²) in [7, 11) is 0. The monoisotopic (exact) mass is 178 g/mol. The molecule has 0 heterocycles. The van der Waals surface area contributed by atoms with Crippen molar-refractivity contribution in [2.45, 2.75) is 46.0 Å². The van der Waals surface area contributed by atoms with Crippen molar-refractivity contribution >= 4 is 5.78 Å². The zero-order valence-electron chi connectivity index (χ0n) is 8.60. The number of carbonyl (C=O) groups is 1. The number of rotatable bonds is 3. The summed E-state index contributed by atoms with van der Waals surface area (Å²) in [5, 5.41) is 0. The molecule has 0 fully saturated rings. The van der Waals surface area contributed by atoms with Crippen molar-refractivity contribution in [2.24, 2.45) is 0 Å². The van der Waals surface area contributed by atoms with Gasteiger partial charge < -0.3 is 0 Å². The molecule has 1 nitrogen and oxygen atoms in total. The van der Waals surface area contributed by atoms with Gasteiger partial charge in [0.05, 0.1) is 0 Å². The third-order valence-electron chi connectivity index (χ3n) is 2.45. The summed E-state index contributed by atoms with van der Waals surface area (Å²) in [6.07, 6.45) is 9.56. The van der Waals surface area contributed by atoms with Crippen LogP contribution in [0.3, 0.4) is 0 Å². The Morgan fingerprint density at radius 3 is 2.85 bits per heavy atom. The largest absolute Gasteiger partial charge is 0.289 e. The van der Waals surface area contributed by atoms with Gasteiger partial charge in [0.15, 0.2) is 5.78 Å². The molecule has 0 N–H and O–H groups in total. The quantitative estimate of drug-likeness (QED) is 0.605. The first-order valence-electron chi connectivity index (χ1n) is 5.16. The van der Waals surface area contributed by atoms with E-state index in [1.165, 1.54) is 12.8 Å². The summed E-state index contributed by atoms with van der Waals surface area (Å²) in [4.78, 5) is 11.8. The standard InChI is InChI=1S/C12H18O/c1-3-7-10(2)12(13)11-8-5-4-6-9-11/h7-8H,3-6,9H2,1-2H3/b10-7+. The third kappa shape index (κ3) is 2.83. The minimum atomic E-state index is 0.265. The van der Waals surface area contributed by atoms with E-state index in [9.17, 15) is 4.79 Å². The van der Waals surface area contributed by atoms with Crippen LogP contribution in [0.5, 0.6) is 0 Å². The molecular weight excluding hydrogens is 160 g/mol. The zero-order valence-corrected chi connectivity index (χ0v) is 8.60. The maximum Gasteiger partial charge on any atom is 0.184 e. The minimum absolute atomic E-state index is 0.265. The van der Waals surface area contributed by atoms with E-state index in [4.69, 9.17) is 0 Å². The summed E-state index contributed by atoms with van der Waals surface area (Å²) in [5.41, 5.74) is 1.95. The maximum absolute atomic E-state index is 11.8. The van der Waals surface area contributed by atoms with E-state index in [-0.39, 0.29) is 5.78 Å². The third-order valence-corrected chi connectivity index (χ3v) is 2.45. The molecular formula is C12H18O. The predicted molar refractivity (Wildman–Crippen MR) is 55.6 cm³/mol. The van der Waals surface area contributed by atoms with Crippen LogP contribution in [-0.4, -0.2) is 5.78 Å². The molecule has 13 heavy (non-hydrogen) atoms. The lowest BCUT2D eigenvalue weighted by molar-refractivity contribution is -0.112. The van der Waals surface area contributed by atoms with Gasteiger partial charge in [-0.2, -0.15) is 0 Å². The fourth-order valence-electron chi connectivity index (χ4n) is 1.70. The molecule has 0 aromatic rings. The highest BCUT2D eigenvalue weighted by atomic mass is 16.1. The van der Waals surface area contributed by atoms with Crippen molar-refractivity contribution in [2.75, 3.05) is 0 Å². The first-order chi connectivity index (χ1) is 6.25. The molecule has 0 aromatic heterocycles. The van der Waals surface area contributed by atoms with Crippen molar-refractivity contribution < 1.29 is 4.79 Å². The fourth-order valence-corrected chi connectivity index (χ4v) is 1.70. The highest BCUT2D eigenvalue weighted by molar-refractivity contribution is 6.07. The minimum Gasteiger partial charge on any atom is -0.289 e. The van der Waals surface area contributed by atoms with E-state index in [0.717, 1.165) is 30.4 Å². The Morgan fingerprint density at radius 1 is 1.54 bits per heavy atom. The Kier molecular flexibility index (Phi) is 3.94. The number of hydrogen-bond donors (Lipinski definition) is 0. The molecule has 0 aliphatic heterocycles. The number of carbonyl (C=O) groups excluding carboxylic acids is 1. The van der Waals surface area contributed by atoms with Crippen molar-refractivity contribution in [3.05, 3.63) is 23.3 Å². The lowest BCUT2D eigenvalue weighted by Crippen LogP contribution is -2.06. The molecule has 0 radical (unpaired) electrons. The first kappa shape index (κ1) is 10.2. The van der Waals surface area contributed by atoms with Crippen LogP contribution in [0.15, 0.2) is 23.3 Å². The molecule has 0 saturated carbocycles.